The topological polar surface area (TPSA) is 26.0 Å². The van der Waals surface area contributed by atoms with Crippen molar-refractivity contribution in [3.8, 4) is 0 Å². The molecule has 2 heteroatoms. The number of hydrogen-bond acceptors (Lipinski definition) is 1. The van der Waals surface area contributed by atoms with Gasteiger partial charge in [-0.3, -0.25) is 0 Å². The Kier molecular flexibility index (Phi) is 35.4. The number of unbranched alkanes of at least 4 members (excludes halogenated alkanes) is 26. The van der Waals surface area contributed by atoms with Crippen molar-refractivity contribution in [3.05, 3.63) is 0 Å². The van der Waals surface area contributed by atoms with E-state index in [0.29, 0.717) is 0 Å². The fourth-order valence-corrected chi connectivity index (χ4v) is 4.64. The average molecular weight is 505 g/mol. The first-order valence-electron chi connectivity index (χ1n) is 14.6. The van der Waals surface area contributed by atoms with Crippen LogP contribution in [0.3, 0.4) is 0 Å². The molecule has 0 rings (SSSR count). The van der Waals surface area contributed by atoms with Gasteiger partial charge in [0.2, 0.25) is 0 Å². The van der Waals surface area contributed by atoms with E-state index in [-0.39, 0.29) is 17.0 Å². The summed E-state index contributed by atoms with van der Waals surface area (Å²) in [6.45, 7) is 3.18. The van der Waals surface area contributed by atoms with Crippen LogP contribution in [0.2, 0.25) is 0 Å². The minimum atomic E-state index is 0. The zero-order chi connectivity index (χ0) is 21.8. The van der Waals surface area contributed by atoms with Crippen molar-refractivity contribution in [2.45, 2.75) is 180 Å². The van der Waals surface area contributed by atoms with Crippen LogP contribution in [0, 0.1) is 0 Å². The average Bonchev–Trinajstić information content (AvgIpc) is 2.76. The van der Waals surface area contributed by atoms with Crippen LogP contribution in [0.4, 0.5) is 0 Å². The number of hydrogen-bond donors (Lipinski definition) is 1. The molecule has 0 aromatic carbocycles. The Morgan fingerprint density at radius 3 is 0.613 bits per heavy atom. The molecule has 0 saturated carbocycles. The minimum absolute atomic E-state index is 0. The maximum absolute atomic E-state index is 5.53. The minimum Gasteiger partial charge on any atom is -0.330 e. The summed E-state index contributed by atoms with van der Waals surface area (Å²) >= 11 is 0. The number of rotatable bonds is 27. The van der Waals surface area contributed by atoms with Gasteiger partial charge in [0.15, 0.2) is 0 Å². The van der Waals surface area contributed by atoms with E-state index in [1.807, 2.05) is 0 Å². The SMILES string of the molecule is Br.CCCCCCCCCCCCCCCCCCCCCCCCCCCCCN. The van der Waals surface area contributed by atoms with Gasteiger partial charge in [-0.1, -0.05) is 174 Å². The summed E-state index contributed by atoms with van der Waals surface area (Å²) in [5.41, 5.74) is 5.53. The van der Waals surface area contributed by atoms with Crippen LogP contribution >= 0.6 is 17.0 Å². The number of halogens is 1. The Hall–Kier alpha value is 0.440. The molecule has 2 N–H and O–H groups in total. The van der Waals surface area contributed by atoms with Gasteiger partial charge >= 0.3 is 0 Å². The zero-order valence-electron chi connectivity index (χ0n) is 21.8. The molecule has 0 amide bonds. The number of nitrogens with two attached hydrogens (primary N) is 1. The Morgan fingerprint density at radius 1 is 0.290 bits per heavy atom. The molecule has 0 aliphatic rings. The molecule has 0 spiro atoms. The quantitative estimate of drug-likeness (QED) is 0.111. The summed E-state index contributed by atoms with van der Waals surface area (Å²) in [6, 6.07) is 0. The van der Waals surface area contributed by atoms with Gasteiger partial charge in [-0.25, -0.2) is 0 Å². The molecule has 0 aromatic rings. The van der Waals surface area contributed by atoms with Gasteiger partial charge < -0.3 is 5.73 Å². The standard InChI is InChI=1S/C29H61N.BrH/c1-2-3-4-5-6-7-8-9-10-11-12-13-14-15-16-17-18-19-20-21-22-23-24-25-26-27-28-29-30;/h2-30H2,1H3;1H. The highest BCUT2D eigenvalue weighted by Gasteiger charge is 1.96. The molecular weight excluding hydrogens is 442 g/mol. The summed E-state index contributed by atoms with van der Waals surface area (Å²) in [5, 5.41) is 0. The lowest BCUT2D eigenvalue weighted by Crippen LogP contribution is -1.97. The molecule has 1 nitrogen and oxygen atoms in total. The second kappa shape index (κ2) is 32.6. The lowest BCUT2D eigenvalue weighted by molar-refractivity contribution is 0.515. The van der Waals surface area contributed by atoms with Gasteiger partial charge in [0, 0.05) is 0 Å². The molecule has 31 heavy (non-hydrogen) atoms. The Morgan fingerprint density at radius 2 is 0.452 bits per heavy atom. The summed E-state index contributed by atoms with van der Waals surface area (Å²) in [4.78, 5) is 0. The van der Waals surface area contributed by atoms with Crippen LogP contribution in [0.5, 0.6) is 0 Å². The second-order valence-electron chi connectivity index (χ2n) is 9.98. The van der Waals surface area contributed by atoms with Crippen LogP contribution in [-0.4, -0.2) is 6.54 Å². The highest BCUT2D eigenvalue weighted by atomic mass is 79.9. The molecule has 190 valence electrons. The van der Waals surface area contributed by atoms with E-state index >= 15 is 0 Å². The van der Waals surface area contributed by atoms with E-state index in [0.717, 1.165) is 6.54 Å². The molecule has 0 fully saturated rings. The second-order valence-corrected chi connectivity index (χ2v) is 9.98. The molecule has 0 radical (unpaired) electrons. The van der Waals surface area contributed by atoms with E-state index < -0.39 is 0 Å². The third-order valence-electron chi connectivity index (χ3n) is 6.81. The van der Waals surface area contributed by atoms with Crippen molar-refractivity contribution >= 4 is 17.0 Å². The largest absolute Gasteiger partial charge is 0.330 e. The van der Waals surface area contributed by atoms with Crippen LogP contribution in [0.25, 0.3) is 0 Å². The molecule has 0 atom stereocenters. The van der Waals surface area contributed by atoms with Crippen molar-refractivity contribution < 1.29 is 0 Å². The first-order chi connectivity index (χ1) is 14.9. The Labute approximate surface area is 209 Å². The molecule has 0 bridgehead atoms. The summed E-state index contributed by atoms with van der Waals surface area (Å²) in [5.74, 6) is 0. The first-order valence-corrected chi connectivity index (χ1v) is 14.6. The molecule has 0 heterocycles. The monoisotopic (exact) mass is 503 g/mol. The van der Waals surface area contributed by atoms with E-state index in [2.05, 4.69) is 6.92 Å². The fraction of sp³-hybridized carbons (Fsp3) is 1.00. The lowest BCUT2D eigenvalue weighted by Gasteiger charge is -2.04. The van der Waals surface area contributed by atoms with Crippen LogP contribution in [0.15, 0.2) is 0 Å². The van der Waals surface area contributed by atoms with E-state index in [4.69, 9.17) is 5.73 Å². The predicted molar refractivity (Wildman–Crippen MR) is 150 cm³/mol. The smallest absolute Gasteiger partial charge is 0.00773 e. The lowest BCUT2D eigenvalue weighted by atomic mass is 10.0. The van der Waals surface area contributed by atoms with E-state index in [9.17, 15) is 0 Å². The summed E-state index contributed by atoms with van der Waals surface area (Å²) in [7, 11) is 0. The molecule has 0 saturated heterocycles. The van der Waals surface area contributed by atoms with E-state index in [1.165, 1.54) is 173 Å². The summed E-state index contributed by atoms with van der Waals surface area (Å²) < 4.78 is 0. The van der Waals surface area contributed by atoms with Gasteiger partial charge in [0.25, 0.3) is 0 Å². The first kappa shape index (κ1) is 33.6. The van der Waals surface area contributed by atoms with Crippen LogP contribution in [0.1, 0.15) is 180 Å². The van der Waals surface area contributed by atoms with Crippen molar-refractivity contribution in [1.82, 2.24) is 0 Å². The third kappa shape index (κ3) is 32.7. The van der Waals surface area contributed by atoms with Crippen molar-refractivity contribution in [2.24, 2.45) is 5.73 Å². The van der Waals surface area contributed by atoms with Crippen molar-refractivity contribution in [2.75, 3.05) is 6.54 Å². The molecule has 0 aromatic heterocycles. The Bertz CT molecular complexity index is 254. The Balaban J connectivity index is 0. The van der Waals surface area contributed by atoms with Gasteiger partial charge in [0.05, 0.1) is 0 Å². The summed E-state index contributed by atoms with van der Waals surface area (Å²) in [6.07, 6.45) is 39.3. The van der Waals surface area contributed by atoms with Crippen molar-refractivity contribution in [1.29, 1.82) is 0 Å². The highest BCUT2D eigenvalue weighted by molar-refractivity contribution is 8.93. The van der Waals surface area contributed by atoms with E-state index in [1.54, 1.807) is 0 Å². The molecule has 0 aliphatic heterocycles. The fourth-order valence-electron chi connectivity index (χ4n) is 4.64. The van der Waals surface area contributed by atoms with Gasteiger partial charge in [-0.15, -0.1) is 17.0 Å². The van der Waals surface area contributed by atoms with Gasteiger partial charge in [-0.2, -0.15) is 0 Å². The molecule has 0 aliphatic carbocycles. The maximum Gasteiger partial charge on any atom is -0.00773 e. The highest BCUT2D eigenvalue weighted by Crippen LogP contribution is 2.16. The van der Waals surface area contributed by atoms with Gasteiger partial charge in [0.1, 0.15) is 0 Å². The van der Waals surface area contributed by atoms with Crippen LogP contribution in [-0.2, 0) is 0 Å². The third-order valence-corrected chi connectivity index (χ3v) is 6.81. The van der Waals surface area contributed by atoms with Crippen molar-refractivity contribution in [3.63, 3.8) is 0 Å². The molecule has 0 unspecified atom stereocenters. The predicted octanol–water partition coefficient (Wildman–Crippen LogP) is 11.1. The van der Waals surface area contributed by atoms with Crippen LogP contribution < -0.4 is 5.73 Å². The maximum atomic E-state index is 5.53. The van der Waals surface area contributed by atoms with Gasteiger partial charge in [-0.05, 0) is 13.0 Å². The zero-order valence-corrected chi connectivity index (χ0v) is 23.5. The molecular formula is C29H62BrN. The normalized spacial score (nSPS) is 11.0.